The van der Waals surface area contributed by atoms with Gasteiger partial charge in [0.2, 0.25) is 0 Å². The lowest BCUT2D eigenvalue weighted by Gasteiger charge is -2.40. The predicted molar refractivity (Wildman–Crippen MR) is 210 cm³/mol. The maximum atomic E-state index is 12.8. The van der Waals surface area contributed by atoms with Crippen LogP contribution in [0.5, 0.6) is 0 Å². The van der Waals surface area contributed by atoms with E-state index in [2.05, 4.69) is 38.2 Å². The number of ether oxygens (including phenoxy) is 4. The minimum atomic E-state index is -4.60. The molecule has 1 aliphatic rings. The van der Waals surface area contributed by atoms with Gasteiger partial charge in [-0.2, -0.15) is 8.42 Å². The van der Waals surface area contributed by atoms with Crippen LogP contribution in [-0.2, 0) is 38.7 Å². The Balaban J connectivity index is 2.50. The summed E-state index contributed by atoms with van der Waals surface area (Å²) in [5.41, 5.74) is 0. The van der Waals surface area contributed by atoms with E-state index in [1.54, 1.807) is 0 Å². The average Bonchev–Trinajstić information content (AvgIpc) is 3.13. The highest BCUT2D eigenvalue weighted by Crippen LogP contribution is 2.24. The zero-order chi connectivity index (χ0) is 39.9. The van der Waals surface area contributed by atoms with Crippen molar-refractivity contribution in [2.45, 2.75) is 205 Å². The maximum absolute atomic E-state index is 12.8. The Morgan fingerprint density at radius 2 is 1.11 bits per heavy atom. The van der Waals surface area contributed by atoms with Crippen molar-refractivity contribution in [3.8, 4) is 0 Å². The number of aliphatic hydroxyl groups excluding tert-OH is 3. The van der Waals surface area contributed by atoms with Crippen molar-refractivity contribution < 1.29 is 56.8 Å². The van der Waals surface area contributed by atoms with Crippen molar-refractivity contribution in [3.05, 3.63) is 24.3 Å². The number of aliphatic hydroxyl groups is 3. The lowest BCUT2D eigenvalue weighted by molar-refractivity contribution is -0.297. The summed E-state index contributed by atoms with van der Waals surface area (Å²) in [5, 5.41) is 30.8. The number of rotatable bonds is 34. The summed E-state index contributed by atoms with van der Waals surface area (Å²) in [5.74, 6) is -2.00. The molecule has 0 aromatic carbocycles. The van der Waals surface area contributed by atoms with E-state index in [9.17, 15) is 37.9 Å². The molecule has 12 nitrogen and oxygen atoms in total. The van der Waals surface area contributed by atoms with Crippen molar-refractivity contribution in [1.29, 1.82) is 0 Å². The van der Waals surface area contributed by atoms with E-state index < -0.39 is 71.2 Å². The highest BCUT2D eigenvalue weighted by Gasteiger charge is 2.46. The molecule has 1 saturated heterocycles. The molecule has 0 aliphatic carbocycles. The third kappa shape index (κ3) is 26.9. The van der Waals surface area contributed by atoms with E-state index in [1.165, 1.54) is 64.2 Å². The zero-order valence-electron chi connectivity index (χ0n) is 33.3. The van der Waals surface area contributed by atoms with Crippen LogP contribution in [0.4, 0.5) is 0 Å². The van der Waals surface area contributed by atoms with E-state index in [0.717, 1.165) is 64.2 Å². The van der Waals surface area contributed by atoms with Crippen LogP contribution in [0.2, 0.25) is 0 Å². The van der Waals surface area contributed by atoms with Crippen molar-refractivity contribution in [3.63, 3.8) is 0 Å². The topological polar surface area (TPSA) is 186 Å². The number of unbranched alkanes of at least 4 members (excludes halogenated alkanes) is 18. The Morgan fingerprint density at radius 1 is 0.630 bits per heavy atom. The summed E-state index contributed by atoms with van der Waals surface area (Å²) in [6.07, 6.45) is 23.7. The van der Waals surface area contributed by atoms with Crippen LogP contribution in [0.1, 0.15) is 168 Å². The van der Waals surface area contributed by atoms with Crippen molar-refractivity contribution in [1.82, 2.24) is 0 Å². The first-order valence-electron chi connectivity index (χ1n) is 20.9. The van der Waals surface area contributed by atoms with E-state index in [1.807, 2.05) is 0 Å². The van der Waals surface area contributed by atoms with Gasteiger partial charge in [-0.15, -0.1) is 0 Å². The number of hydrogen-bond donors (Lipinski definition) is 4. The number of carbonyl (C=O) groups is 2. The third-order valence-electron chi connectivity index (χ3n) is 9.53. The number of carbonyl (C=O) groups excluding carboxylic acids is 2. The third-order valence-corrected chi connectivity index (χ3v) is 10.3. The van der Waals surface area contributed by atoms with Crippen LogP contribution < -0.4 is 0 Å². The molecule has 316 valence electrons. The Bertz CT molecular complexity index is 1110. The molecule has 1 heterocycles. The lowest BCUT2D eigenvalue weighted by atomic mass is 10.00. The quantitative estimate of drug-likeness (QED) is 0.0216. The average molecular weight is 791 g/mol. The van der Waals surface area contributed by atoms with Gasteiger partial charge in [-0.1, -0.05) is 134 Å². The van der Waals surface area contributed by atoms with Gasteiger partial charge in [0.05, 0.1) is 6.61 Å². The van der Waals surface area contributed by atoms with Crippen LogP contribution in [0, 0.1) is 0 Å². The second kappa shape index (κ2) is 32.2. The van der Waals surface area contributed by atoms with Crippen LogP contribution >= 0.6 is 0 Å². The number of esters is 2. The molecule has 54 heavy (non-hydrogen) atoms. The first kappa shape index (κ1) is 50.1. The predicted octanol–water partition coefficient (Wildman–Crippen LogP) is 7.67. The fourth-order valence-electron chi connectivity index (χ4n) is 6.24. The monoisotopic (exact) mass is 790 g/mol. The summed E-state index contributed by atoms with van der Waals surface area (Å²) in [4.78, 5) is 25.3. The summed E-state index contributed by atoms with van der Waals surface area (Å²) in [7, 11) is -4.60. The van der Waals surface area contributed by atoms with E-state index in [0.29, 0.717) is 12.8 Å². The molecule has 13 heteroatoms. The molecular weight excluding hydrogens is 717 g/mol. The largest absolute Gasteiger partial charge is 0.462 e. The molecule has 0 aromatic rings. The van der Waals surface area contributed by atoms with Crippen LogP contribution in [0.25, 0.3) is 0 Å². The van der Waals surface area contributed by atoms with Crippen LogP contribution in [0.3, 0.4) is 0 Å². The maximum Gasteiger partial charge on any atom is 0.306 e. The van der Waals surface area contributed by atoms with Crippen molar-refractivity contribution in [2.75, 3.05) is 19.0 Å². The van der Waals surface area contributed by atoms with Gasteiger partial charge in [0.25, 0.3) is 10.1 Å². The standard InChI is InChI=1S/C41H74O12S/c1-3-5-7-9-11-13-15-16-17-18-20-22-24-26-28-30-37(43)52-34(31-50-36(42)29-27-25-23-21-19-14-12-10-8-6-4-2)32-51-41-40(46)39(45)38(44)35(53-41)33-54(47,48)49/h11,13,16-17,34-35,38-41,44-46H,3-10,12,14-15,18-33H2,1-2H3,(H,47,48,49)/b13-11+,17-16+/t34-,35-,38-,39?,40?,41+/m1/s1. The van der Waals surface area contributed by atoms with Gasteiger partial charge in [-0.05, 0) is 44.9 Å². The molecule has 1 rings (SSSR count). The Labute approximate surface area is 326 Å². The summed E-state index contributed by atoms with van der Waals surface area (Å²) < 4.78 is 53.9. The van der Waals surface area contributed by atoms with Gasteiger partial charge in [0, 0.05) is 12.8 Å². The lowest BCUT2D eigenvalue weighted by Crippen LogP contribution is -2.60. The fourth-order valence-corrected chi connectivity index (χ4v) is 6.93. The fraction of sp³-hybridized carbons (Fsp3) is 0.854. The molecule has 0 amide bonds. The molecule has 0 bridgehead atoms. The minimum Gasteiger partial charge on any atom is -0.462 e. The second-order valence-electron chi connectivity index (χ2n) is 14.7. The van der Waals surface area contributed by atoms with Crippen LogP contribution in [0.15, 0.2) is 24.3 Å². The molecule has 0 spiro atoms. The number of hydrogen-bond acceptors (Lipinski definition) is 11. The first-order valence-corrected chi connectivity index (χ1v) is 22.5. The zero-order valence-corrected chi connectivity index (χ0v) is 34.1. The number of allylic oxidation sites excluding steroid dienone is 4. The molecule has 2 unspecified atom stereocenters. The van der Waals surface area contributed by atoms with Gasteiger partial charge in [0.1, 0.15) is 36.8 Å². The van der Waals surface area contributed by atoms with Gasteiger partial charge in [-0.25, -0.2) is 0 Å². The van der Waals surface area contributed by atoms with Crippen molar-refractivity contribution >= 4 is 22.1 Å². The molecule has 4 N–H and O–H groups in total. The van der Waals surface area contributed by atoms with Crippen LogP contribution in [-0.4, -0.2) is 96.0 Å². The smallest absolute Gasteiger partial charge is 0.306 e. The molecule has 0 saturated carbocycles. The summed E-state index contributed by atoms with van der Waals surface area (Å²) >= 11 is 0. The summed E-state index contributed by atoms with van der Waals surface area (Å²) in [6.45, 7) is 3.70. The van der Waals surface area contributed by atoms with E-state index >= 15 is 0 Å². The molecule has 1 aliphatic heterocycles. The minimum absolute atomic E-state index is 0.150. The van der Waals surface area contributed by atoms with E-state index in [-0.39, 0.29) is 19.4 Å². The molecule has 0 radical (unpaired) electrons. The summed E-state index contributed by atoms with van der Waals surface area (Å²) in [6, 6.07) is 0. The first-order chi connectivity index (χ1) is 26.0. The SMILES string of the molecule is CCCCC/C=C/C/C=C/CCCCCCCC(=O)O[C@H](COC(=O)CCCCCCCCCCCCC)CO[C@H]1O[C@H](CS(=O)(=O)O)[C@@H](O)C(O)C1O. The van der Waals surface area contributed by atoms with Gasteiger partial charge >= 0.3 is 11.9 Å². The Morgan fingerprint density at radius 3 is 1.67 bits per heavy atom. The van der Waals surface area contributed by atoms with E-state index in [4.69, 9.17) is 18.9 Å². The Kier molecular flexibility index (Phi) is 29.9. The van der Waals surface area contributed by atoms with Gasteiger partial charge < -0.3 is 34.3 Å². The second-order valence-corrected chi connectivity index (χ2v) is 16.2. The van der Waals surface area contributed by atoms with Gasteiger partial charge in [0.15, 0.2) is 12.4 Å². The molecule has 6 atom stereocenters. The Hall–Kier alpha value is -1.87. The highest BCUT2D eigenvalue weighted by molar-refractivity contribution is 7.85. The van der Waals surface area contributed by atoms with Crippen molar-refractivity contribution in [2.24, 2.45) is 0 Å². The van der Waals surface area contributed by atoms with Gasteiger partial charge in [-0.3, -0.25) is 14.1 Å². The molecule has 1 fully saturated rings. The molecular formula is C41H74O12S. The normalized spacial score (nSPS) is 21.2. The molecule has 0 aromatic heterocycles. The highest BCUT2D eigenvalue weighted by atomic mass is 32.2.